The van der Waals surface area contributed by atoms with E-state index in [4.69, 9.17) is 4.52 Å². The van der Waals surface area contributed by atoms with Gasteiger partial charge in [-0.3, -0.25) is 4.98 Å². The molecule has 1 N–H and O–H groups in total. The Kier molecular flexibility index (Phi) is 3.67. The third-order valence-corrected chi connectivity index (χ3v) is 4.20. The van der Waals surface area contributed by atoms with Crippen LogP contribution in [0.15, 0.2) is 23.0 Å². The predicted octanol–water partition coefficient (Wildman–Crippen LogP) is 3.52. The van der Waals surface area contributed by atoms with Crippen LogP contribution in [0.4, 0.5) is 0 Å². The molecule has 2 aromatic rings. The lowest BCUT2D eigenvalue weighted by atomic mass is 9.80. The van der Waals surface area contributed by atoms with E-state index in [-0.39, 0.29) is 5.75 Å². The fourth-order valence-corrected chi connectivity index (χ4v) is 2.89. The minimum atomic E-state index is 0.103. The summed E-state index contributed by atoms with van der Waals surface area (Å²) < 4.78 is 5.30. The first-order valence-electron chi connectivity index (χ1n) is 7.24. The van der Waals surface area contributed by atoms with Gasteiger partial charge in [0, 0.05) is 12.1 Å². The van der Waals surface area contributed by atoms with E-state index in [9.17, 15) is 5.11 Å². The van der Waals surface area contributed by atoms with E-state index < -0.39 is 0 Å². The number of aromatic hydroxyl groups is 1. The highest BCUT2D eigenvalue weighted by atomic mass is 16.5. The number of pyridine rings is 1. The highest BCUT2D eigenvalue weighted by Gasteiger charge is 2.25. The van der Waals surface area contributed by atoms with Gasteiger partial charge in [-0.05, 0) is 37.7 Å². The number of hydrogen-bond donors (Lipinski definition) is 1. The molecule has 0 aliphatic heterocycles. The lowest BCUT2D eigenvalue weighted by molar-refractivity contribution is 0.305. The minimum absolute atomic E-state index is 0.103. The van der Waals surface area contributed by atoms with Gasteiger partial charge in [-0.25, -0.2) is 0 Å². The van der Waals surface area contributed by atoms with Gasteiger partial charge in [0.25, 0.3) is 5.89 Å². The van der Waals surface area contributed by atoms with E-state index in [0.29, 0.717) is 17.4 Å². The molecule has 2 aromatic heterocycles. The van der Waals surface area contributed by atoms with Crippen LogP contribution in [0.5, 0.6) is 5.75 Å². The Morgan fingerprint density at radius 3 is 2.75 bits per heavy atom. The van der Waals surface area contributed by atoms with Crippen molar-refractivity contribution < 1.29 is 9.63 Å². The SMILES string of the molecule is CCC1CCC(c2noc(-c3cncc(O)c3)n2)CC1. The van der Waals surface area contributed by atoms with Crippen LogP contribution >= 0.6 is 0 Å². The fourth-order valence-electron chi connectivity index (χ4n) is 2.89. The van der Waals surface area contributed by atoms with Crippen molar-refractivity contribution in [1.82, 2.24) is 15.1 Å². The van der Waals surface area contributed by atoms with Crippen LogP contribution in [-0.2, 0) is 0 Å². The Hall–Kier alpha value is -1.91. The summed E-state index contributed by atoms with van der Waals surface area (Å²) in [5.74, 6) is 2.58. The molecule has 0 amide bonds. The first kappa shape index (κ1) is 13.1. The van der Waals surface area contributed by atoms with Gasteiger partial charge in [0.15, 0.2) is 5.82 Å². The number of rotatable bonds is 3. The highest BCUT2D eigenvalue weighted by Crippen LogP contribution is 2.36. The molecule has 0 aromatic carbocycles. The predicted molar refractivity (Wildman–Crippen MR) is 74.2 cm³/mol. The molecular weight excluding hydrogens is 254 g/mol. The smallest absolute Gasteiger partial charge is 0.259 e. The van der Waals surface area contributed by atoms with E-state index in [1.165, 1.54) is 25.5 Å². The molecule has 0 atom stereocenters. The molecule has 20 heavy (non-hydrogen) atoms. The van der Waals surface area contributed by atoms with Crippen LogP contribution in [0.25, 0.3) is 11.5 Å². The van der Waals surface area contributed by atoms with E-state index in [1.54, 1.807) is 12.3 Å². The van der Waals surface area contributed by atoms with Crippen LogP contribution in [0.3, 0.4) is 0 Å². The molecule has 0 unspecified atom stereocenters. The number of hydrogen-bond acceptors (Lipinski definition) is 5. The van der Waals surface area contributed by atoms with E-state index >= 15 is 0 Å². The van der Waals surface area contributed by atoms with Crippen LogP contribution in [0.2, 0.25) is 0 Å². The Labute approximate surface area is 118 Å². The molecule has 5 heteroatoms. The largest absolute Gasteiger partial charge is 0.506 e. The summed E-state index contributed by atoms with van der Waals surface area (Å²) in [5.41, 5.74) is 0.658. The van der Waals surface area contributed by atoms with Crippen molar-refractivity contribution >= 4 is 0 Å². The van der Waals surface area contributed by atoms with Crippen molar-refractivity contribution in [3.05, 3.63) is 24.3 Å². The van der Waals surface area contributed by atoms with E-state index in [2.05, 4.69) is 22.0 Å². The summed E-state index contributed by atoms with van der Waals surface area (Å²) in [5, 5.41) is 13.5. The first-order valence-corrected chi connectivity index (χ1v) is 7.24. The molecule has 5 nitrogen and oxygen atoms in total. The normalized spacial score (nSPS) is 22.9. The summed E-state index contributed by atoms with van der Waals surface area (Å²) in [4.78, 5) is 8.39. The molecule has 3 rings (SSSR count). The Morgan fingerprint density at radius 2 is 2.05 bits per heavy atom. The lowest BCUT2D eigenvalue weighted by Crippen LogP contribution is -2.13. The molecule has 0 radical (unpaired) electrons. The molecule has 2 heterocycles. The number of aromatic nitrogens is 3. The monoisotopic (exact) mass is 273 g/mol. The highest BCUT2D eigenvalue weighted by molar-refractivity contribution is 5.53. The maximum atomic E-state index is 9.43. The molecule has 0 bridgehead atoms. The zero-order valence-electron chi connectivity index (χ0n) is 11.6. The van der Waals surface area contributed by atoms with Gasteiger partial charge in [-0.1, -0.05) is 18.5 Å². The summed E-state index contributed by atoms with van der Waals surface area (Å²) in [6, 6.07) is 1.58. The maximum absolute atomic E-state index is 9.43. The van der Waals surface area contributed by atoms with Gasteiger partial charge < -0.3 is 9.63 Å². The molecule has 1 aliphatic carbocycles. The standard InChI is InChI=1S/C15H19N3O2/c1-2-10-3-5-11(6-4-10)14-17-15(20-18-14)12-7-13(19)9-16-8-12/h7-11,19H,2-6H2,1H3. The maximum Gasteiger partial charge on any atom is 0.259 e. The minimum Gasteiger partial charge on any atom is -0.506 e. The second-order valence-corrected chi connectivity index (χ2v) is 5.52. The fraction of sp³-hybridized carbons (Fsp3) is 0.533. The summed E-state index contributed by atoms with van der Waals surface area (Å²) in [6.45, 7) is 2.26. The molecule has 0 spiro atoms. The van der Waals surface area contributed by atoms with Gasteiger partial charge in [-0.2, -0.15) is 4.98 Å². The van der Waals surface area contributed by atoms with Gasteiger partial charge in [-0.15, -0.1) is 0 Å². The van der Waals surface area contributed by atoms with E-state index in [0.717, 1.165) is 24.6 Å². The average Bonchev–Trinajstić information content (AvgIpc) is 2.97. The van der Waals surface area contributed by atoms with Crippen LogP contribution in [0, 0.1) is 5.92 Å². The zero-order valence-corrected chi connectivity index (χ0v) is 11.6. The van der Waals surface area contributed by atoms with Gasteiger partial charge in [0.1, 0.15) is 5.75 Å². The van der Waals surface area contributed by atoms with Gasteiger partial charge in [0.05, 0.1) is 11.8 Å². The third-order valence-electron chi connectivity index (χ3n) is 4.20. The lowest BCUT2D eigenvalue weighted by Gasteiger charge is -2.25. The quantitative estimate of drug-likeness (QED) is 0.926. The van der Waals surface area contributed by atoms with Crippen LogP contribution in [-0.4, -0.2) is 20.2 Å². The van der Waals surface area contributed by atoms with E-state index in [1.807, 2.05) is 0 Å². The molecule has 106 valence electrons. The Morgan fingerprint density at radius 1 is 1.25 bits per heavy atom. The second-order valence-electron chi connectivity index (χ2n) is 5.52. The molecule has 0 saturated heterocycles. The molecule has 1 saturated carbocycles. The third kappa shape index (κ3) is 2.66. The molecular formula is C15H19N3O2. The summed E-state index contributed by atoms with van der Waals surface area (Å²) >= 11 is 0. The van der Waals surface area contributed by atoms with Crippen LogP contribution in [0.1, 0.15) is 50.8 Å². The number of nitrogens with zero attached hydrogens (tertiary/aromatic N) is 3. The Balaban J connectivity index is 1.74. The van der Waals surface area contributed by atoms with Crippen molar-refractivity contribution in [3.63, 3.8) is 0 Å². The van der Waals surface area contributed by atoms with Crippen molar-refractivity contribution in [2.45, 2.75) is 44.9 Å². The van der Waals surface area contributed by atoms with Crippen LogP contribution < -0.4 is 0 Å². The molecule has 1 aliphatic rings. The van der Waals surface area contributed by atoms with Gasteiger partial charge >= 0.3 is 0 Å². The topological polar surface area (TPSA) is 72.0 Å². The van der Waals surface area contributed by atoms with Gasteiger partial charge in [0.2, 0.25) is 0 Å². The van der Waals surface area contributed by atoms with Crippen molar-refractivity contribution in [3.8, 4) is 17.2 Å². The zero-order chi connectivity index (χ0) is 13.9. The molecule has 1 fully saturated rings. The second kappa shape index (κ2) is 5.61. The van der Waals surface area contributed by atoms with Crippen molar-refractivity contribution in [1.29, 1.82) is 0 Å². The van der Waals surface area contributed by atoms with Crippen molar-refractivity contribution in [2.24, 2.45) is 5.92 Å². The first-order chi connectivity index (χ1) is 9.76. The average molecular weight is 273 g/mol. The van der Waals surface area contributed by atoms with Crippen molar-refractivity contribution in [2.75, 3.05) is 0 Å². The summed E-state index contributed by atoms with van der Waals surface area (Å²) in [7, 11) is 0. The Bertz CT molecular complexity index is 574. The summed E-state index contributed by atoms with van der Waals surface area (Å²) in [6.07, 6.45) is 9.03.